The van der Waals surface area contributed by atoms with Gasteiger partial charge in [-0.25, -0.2) is 9.97 Å². The van der Waals surface area contributed by atoms with E-state index < -0.39 is 0 Å². The quantitative estimate of drug-likeness (QED) is 0.479. The number of nitrogens with one attached hydrogen (secondary N) is 1. The number of carbonyl (C=O) groups excluding carboxylic acids is 1. The molecule has 17 heavy (non-hydrogen) atoms. The Morgan fingerprint density at radius 1 is 1.59 bits per heavy atom. The Morgan fingerprint density at radius 2 is 2.41 bits per heavy atom. The van der Waals surface area contributed by atoms with Crippen LogP contribution in [0.2, 0.25) is 0 Å². The molecule has 0 aliphatic heterocycles. The van der Waals surface area contributed by atoms with Crippen LogP contribution in [0, 0.1) is 0 Å². The first-order valence-corrected chi connectivity index (χ1v) is 6.78. The molecule has 2 atom stereocenters. The van der Waals surface area contributed by atoms with Crippen LogP contribution >= 0.6 is 11.8 Å². The highest BCUT2D eigenvalue weighted by Gasteiger charge is 2.26. The average molecular weight is 253 g/mol. The first kappa shape index (κ1) is 12.3. The third kappa shape index (κ3) is 2.76. The van der Waals surface area contributed by atoms with Gasteiger partial charge in [0.1, 0.15) is 5.82 Å². The van der Waals surface area contributed by atoms with E-state index in [0.29, 0.717) is 16.5 Å². The summed E-state index contributed by atoms with van der Waals surface area (Å²) in [7, 11) is 0. The van der Waals surface area contributed by atoms with Crippen molar-refractivity contribution in [3.63, 3.8) is 0 Å². The van der Waals surface area contributed by atoms with Gasteiger partial charge in [0.25, 0.3) is 0 Å². The molecule has 1 aliphatic rings. The number of carbonyl (C=O) groups is 1. The number of thioether (sulfide) groups is 1. The number of anilines is 1. The number of aromatic nitrogens is 2. The summed E-state index contributed by atoms with van der Waals surface area (Å²) in [6.07, 6.45) is 6.46. The van der Waals surface area contributed by atoms with Gasteiger partial charge < -0.3 is 10.4 Å². The topological polar surface area (TPSA) is 75.1 Å². The van der Waals surface area contributed by atoms with Gasteiger partial charge in [-0.3, -0.25) is 4.79 Å². The van der Waals surface area contributed by atoms with Gasteiger partial charge in [0.15, 0.2) is 11.4 Å². The van der Waals surface area contributed by atoms with E-state index in [4.69, 9.17) is 0 Å². The Labute approximate surface area is 104 Å². The monoisotopic (exact) mass is 253 g/mol. The van der Waals surface area contributed by atoms with E-state index in [1.807, 2.05) is 6.26 Å². The zero-order chi connectivity index (χ0) is 12.3. The van der Waals surface area contributed by atoms with Gasteiger partial charge in [-0.15, -0.1) is 0 Å². The van der Waals surface area contributed by atoms with Crippen molar-refractivity contribution in [3.05, 3.63) is 11.8 Å². The van der Waals surface area contributed by atoms with Crippen LogP contribution in [0.25, 0.3) is 0 Å². The van der Waals surface area contributed by atoms with E-state index in [0.717, 1.165) is 25.5 Å². The highest BCUT2D eigenvalue weighted by Crippen LogP contribution is 2.24. The summed E-state index contributed by atoms with van der Waals surface area (Å²) >= 11 is 1.42. The maximum absolute atomic E-state index is 10.9. The van der Waals surface area contributed by atoms with Gasteiger partial charge in [-0.05, 0) is 25.5 Å². The van der Waals surface area contributed by atoms with E-state index in [1.54, 1.807) is 0 Å². The Bertz CT molecular complexity index is 414. The fourth-order valence-electron chi connectivity index (χ4n) is 1.96. The number of aliphatic hydroxyl groups is 1. The zero-order valence-corrected chi connectivity index (χ0v) is 10.4. The molecule has 0 aromatic carbocycles. The number of hydrogen-bond acceptors (Lipinski definition) is 6. The van der Waals surface area contributed by atoms with E-state index >= 15 is 0 Å². The smallest absolute Gasteiger partial charge is 0.189 e. The summed E-state index contributed by atoms with van der Waals surface area (Å²) in [5, 5.41) is 13.5. The molecule has 1 fully saturated rings. The molecule has 0 spiro atoms. The summed E-state index contributed by atoms with van der Waals surface area (Å²) in [4.78, 5) is 19.2. The minimum absolute atomic E-state index is 0.0155. The van der Waals surface area contributed by atoms with Crippen molar-refractivity contribution < 1.29 is 9.90 Å². The molecular weight excluding hydrogens is 238 g/mol. The lowest BCUT2D eigenvalue weighted by molar-refractivity contribution is 0.112. The number of hydrogen-bond donors (Lipinski definition) is 2. The Balaban J connectivity index is 2.20. The largest absolute Gasteiger partial charge is 0.391 e. The van der Waals surface area contributed by atoms with Crippen LogP contribution in [0.1, 0.15) is 29.6 Å². The summed E-state index contributed by atoms with van der Waals surface area (Å²) in [6.45, 7) is 0. The summed E-state index contributed by atoms with van der Waals surface area (Å²) < 4.78 is 0. The summed E-state index contributed by atoms with van der Waals surface area (Å²) in [6, 6.07) is -0.0155. The van der Waals surface area contributed by atoms with Crippen LogP contribution in [0.4, 0.5) is 5.82 Å². The van der Waals surface area contributed by atoms with Crippen LogP contribution in [-0.2, 0) is 0 Å². The predicted octanol–water partition coefficient (Wildman–Crippen LogP) is 1.34. The Kier molecular flexibility index (Phi) is 3.96. The number of rotatable bonds is 4. The Hall–Kier alpha value is -1.14. The molecule has 1 aromatic rings. The number of aliphatic hydroxyl groups excluding tert-OH is 1. The molecular formula is C11H15N3O2S. The van der Waals surface area contributed by atoms with Crippen molar-refractivity contribution in [2.45, 2.75) is 36.6 Å². The first-order chi connectivity index (χ1) is 8.24. The summed E-state index contributed by atoms with van der Waals surface area (Å²) in [5.41, 5.74) is 0.432. The van der Waals surface area contributed by atoms with Crippen molar-refractivity contribution in [2.75, 3.05) is 11.6 Å². The summed E-state index contributed by atoms with van der Waals surface area (Å²) in [5.74, 6) is 0.519. The van der Waals surface area contributed by atoms with Crippen molar-refractivity contribution in [1.82, 2.24) is 9.97 Å². The van der Waals surface area contributed by atoms with E-state index in [-0.39, 0.29) is 12.1 Å². The molecule has 0 amide bonds. The predicted molar refractivity (Wildman–Crippen MR) is 66.5 cm³/mol. The standard InChI is InChI=1S/C11H15N3O2S/c1-17-11-12-5-7(6-15)10(14-11)13-8-3-2-4-9(8)16/h5-6,8-9,16H,2-4H2,1H3,(H,12,13,14)/t8-,9+/m1/s1. The molecule has 1 heterocycles. The molecule has 1 aromatic heterocycles. The lowest BCUT2D eigenvalue weighted by Crippen LogP contribution is -2.29. The molecule has 0 bridgehead atoms. The Morgan fingerprint density at radius 3 is 3.00 bits per heavy atom. The second kappa shape index (κ2) is 5.46. The second-order valence-corrected chi connectivity index (χ2v) is 4.80. The van der Waals surface area contributed by atoms with Gasteiger partial charge >= 0.3 is 0 Å². The molecule has 1 aliphatic carbocycles. The minimum atomic E-state index is -0.359. The molecule has 2 rings (SSSR count). The fraction of sp³-hybridized carbons (Fsp3) is 0.545. The molecule has 0 unspecified atom stereocenters. The molecule has 6 heteroatoms. The van der Waals surface area contributed by atoms with E-state index in [1.165, 1.54) is 18.0 Å². The van der Waals surface area contributed by atoms with Crippen LogP contribution < -0.4 is 5.32 Å². The number of nitrogens with zero attached hydrogens (tertiary/aromatic N) is 2. The molecule has 2 N–H and O–H groups in total. The first-order valence-electron chi connectivity index (χ1n) is 5.55. The average Bonchev–Trinajstić information content (AvgIpc) is 2.75. The van der Waals surface area contributed by atoms with Gasteiger partial charge in [0.05, 0.1) is 17.7 Å². The third-order valence-corrected chi connectivity index (χ3v) is 3.47. The second-order valence-electron chi connectivity index (χ2n) is 4.03. The van der Waals surface area contributed by atoms with Crippen LogP contribution in [0.15, 0.2) is 11.4 Å². The highest BCUT2D eigenvalue weighted by molar-refractivity contribution is 7.98. The van der Waals surface area contributed by atoms with Crippen molar-refractivity contribution in [1.29, 1.82) is 0 Å². The lowest BCUT2D eigenvalue weighted by Gasteiger charge is -2.18. The molecule has 1 saturated carbocycles. The van der Waals surface area contributed by atoms with E-state index in [2.05, 4.69) is 15.3 Å². The SMILES string of the molecule is CSc1ncc(C=O)c(N[C@@H]2CCC[C@@H]2O)n1. The zero-order valence-electron chi connectivity index (χ0n) is 9.59. The van der Waals surface area contributed by atoms with Crippen LogP contribution in [0.5, 0.6) is 0 Å². The fourth-order valence-corrected chi connectivity index (χ4v) is 2.30. The maximum Gasteiger partial charge on any atom is 0.189 e. The van der Waals surface area contributed by atoms with Crippen molar-refractivity contribution in [3.8, 4) is 0 Å². The molecule has 0 radical (unpaired) electrons. The van der Waals surface area contributed by atoms with Crippen LogP contribution in [-0.4, -0.2) is 39.8 Å². The number of aldehydes is 1. The van der Waals surface area contributed by atoms with Crippen molar-refractivity contribution in [2.24, 2.45) is 0 Å². The van der Waals surface area contributed by atoms with E-state index in [9.17, 15) is 9.90 Å². The van der Waals surface area contributed by atoms with Gasteiger partial charge in [0, 0.05) is 6.20 Å². The van der Waals surface area contributed by atoms with Crippen LogP contribution in [0.3, 0.4) is 0 Å². The van der Waals surface area contributed by atoms with Gasteiger partial charge in [-0.2, -0.15) is 0 Å². The minimum Gasteiger partial charge on any atom is -0.391 e. The van der Waals surface area contributed by atoms with Crippen molar-refractivity contribution >= 4 is 23.9 Å². The normalized spacial score (nSPS) is 23.6. The van der Waals surface area contributed by atoms with Gasteiger partial charge in [0.2, 0.25) is 0 Å². The third-order valence-electron chi connectivity index (χ3n) is 2.91. The molecule has 92 valence electrons. The molecule has 0 saturated heterocycles. The molecule has 5 nitrogen and oxygen atoms in total. The lowest BCUT2D eigenvalue weighted by atomic mass is 10.2. The maximum atomic E-state index is 10.9. The highest BCUT2D eigenvalue weighted by atomic mass is 32.2. The van der Waals surface area contributed by atoms with Gasteiger partial charge in [-0.1, -0.05) is 11.8 Å².